The Morgan fingerprint density at radius 3 is 1.72 bits per heavy atom. The van der Waals surface area contributed by atoms with Crippen LogP contribution in [0.15, 0.2) is 211 Å². The van der Waals surface area contributed by atoms with Crippen molar-refractivity contribution in [2.75, 3.05) is 4.90 Å². The van der Waals surface area contributed by atoms with E-state index >= 15 is 0 Å². The van der Waals surface area contributed by atoms with Crippen molar-refractivity contribution in [2.24, 2.45) is 0 Å². The molecule has 4 heteroatoms. The molecule has 0 aliphatic rings. The molecule has 0 fully saturated rings. The molecule has 0 aliphatic heterocycles. The van der Waals surface area contributed by atoms with Gasteiger partial charge in [-0.05, 0) is 105 Å². The Morgan fingerprint density at radius 1 is 0.404 bits per heavy atom. The summed E-state index contributed by atoms with van der Waals surface area (Å²) in [6.07, 6.45) is 0. The van der Waals surface area contributed by atoms with E-state index in [2.05, 4.69) is 181 Å². The van der Waals surface area contributed by atoms with Gasteiger partial charge >= 0.3 is 0 Å². The standard InChI is InChI=1S/C53H34N2OS/c1-3-12-38(13-4-1)45-17-9-10-18-49(45)55(43-26-21-36(22-27-43)41-20-19-35-11-7-8-16-40(35)31-41)44-28-23-37(24-29-44)42-25-30-51-46(32-42)47-33-48-50(34-52(47)57-51)56-53(54-48)39-14-5-2-6-15-39/h1-34H. The summed E-state index contributed by atoms with van der Waals surface area (Å²) in [5.41, 5.74) is 13.1. The van der Waals surface area contributed by atoms with Crippen molar-refractivity contribution in [3.05, 3.63) is 206 Å². The summed E-state index contributed by atoms with van der Waals surface area (Å²) >= 11 is 1.79. The average Bonchev–Trinajstić information content (AvgIpc) is 3.87. The molecule has 0 spiro atoms. The first kappa shape index (κ1) is 33.1. The number of para-hydroxylation sites is 1. The number of rotatable bonds is 7. The third-order valence-corrected chi connectivity index (χ3v) is 12.0. The van der Waals surface area contributed by atoms with Crippen molar-refractivity contribution in [1.29, 1.82) is 0 Å². The van der Waals surface area contributed by atoms with Gasteiger partial charge in [0.05, 0.1) is 5.69 Å². The van der Waals surface area contributed by atoms with Gasteiger partial charge in [0.15, 0.2) is 5.58 Å². The average molecular weight is 747 g/mol. The normalized spacial score (nSPS) is 11.5. The van der Waals surface area contributed by atoms with E-state index in [1.807, 2.05) is 30.3 Å². The molecule has 0 aliphatic carbocycles. The molecule has 2 aromatic heterocycles. The van der Waals surface area contributed by atoms with E-state index in [9.17, 15) is 0 Å². The molecule has 0 unspecified atom stereocenters. The second-order valence-electron chi connectivity index (χ2n) is 14.4. The molecule has 11 rings (SSSR count). The zero-order valence-electron chi connectivity index (χ0n) is 30.8. The topological polar surface area (TPSA) is 29.3 Å². The monoisotopic (exact) mass is 746 g/mol. The van der Waals surface area contributed by atoms with Gasteiger partial charge in [-0.1, -0.05) is 133 Å². The molecule has 0 saturated carbocycles. The first-order valence-corrected chi connectivity index (χ1v) is 20.0. The molecule has 0 atom stereocenters. The maximum Gasteiger partial charge on any atom is 0.227 e. The van der Waals surface area contributed by atoms with E-state index in [4.69, 9.17) is 9.40 Å². The fourth-order valence-corrected chi connectivity index (χ4v) is 9.11. The number of hydrogen-bond acceptors (Lipinski definition) is 4. The summed E-state index contributed by atoms with van der Waals surface area (Å²) in [6, 6.07) is 73.7. The van der Waals surface area contributed by atoms with Crippen molar-refractivity contribution in [1.82, 2.24) is 4.98 Å². The Kier molecular flexibility index (Phi) is 8.01. The predicted octanol–water partition coefficient (Wildman–Crippen LogP) is 15.5. The maximum absolute atomic E-state index is 6.21. The van der Waals surface area contributed by atoms with Crippen LogP contribution in [0.5, 0.6) is 0 Å². The van der Waals surface area contributed by atoms with Crippen LogP contribution in [-0.4, -0.2) is 4.98 Å². The lowest BCUT2D eigenvalue weighted by molar-refractivity contribution is 0.620. The number of hydrogen-bond donors (Lipinski definition) is 0. The highest BCUT2D eigenvalue weighted by Crippen LogP contribution is 2.43. The summed E-state index contributed by atoms with van der Waals surface area (Å²) in [4.78, 5) is 7.24. The molecule has 0 saturated heterocycles. The Labute approximate surface area is 334 Å². The number of benzene rings is 9. The van der Waals surface area contributed by atoms with Gasteiger partial charge in [-0.15, -0.1) is 11.3 Å². The predicted molar refractivity (Wildman–Crippen MR) is 241 cm³/mol. The van der Waals surface area contributed by atoms with Crippen molar-refractivity contribution in [3.8, 4) is 44.8 Å². The van der Waals surface area contributed by atoms with Gasteiger partial charge in [-0.25, -0.2) is 4.98 Å². The number of nitrogens with zero attached hydrogens (tertiary/aromatic N) is 2. The largest absolute Gasteiger partial charge is 0.436 e. The van der Waals surface area contributed by atoms with Gasteiger partial charge in [0, 0.05) is 48.7 Å². The maximum atomic E-state index is 6.21. The molecule has 9 aromatic carbocycles. The minimum Gasteiger partial charge on any atom is -0.436 e. The van der Waals surface area contributed by atoms with Crippen LogP contribution in [0, 0.1) is 0 Å². The van der Waals surface area contributed by atoms with Crippen LogP contribution in [0.3, 0.4) is 0 Å². The van der Waals surface area contributed by atoms with Crippen molar-refractivity contribution >= 4 is 70.4 Å². The minimum absolute atomic E-state index is 0.648. The van der Waals surface area contributed by atoms with E-state index in [1.54, 1.807) is 11.3 Å². The van der Waals surface area contributed by atoms with Crippen LogP contribution in [0.1, 0.15) is 0 Å². The molecule has 0 bridgehead atoms. The fourth-order valence-electron chi connectivity index (χ4n) is 8.01. The van der Waals surface area contributed by atoms with Crippen molar-refractivity contribution in [3.63, 3.8) is 0 Å². The lowest BCUT2D eigenvalue weighted by atomic mass is 9.99. The second-order valence-corrected chi connectivity index (χ2v) is 15.5. The molecule has 11 aromatic rings. The first-order valence-electron chi connectivity index (χ1n) is 19.2. The molecular weight excluding hydrogens is 713 g/mol. The minimum atomic E-state index is 0.648. The van der Waals surface area contributed by atoms with Gasteiger partial charge in [0.1, 0.15) is 5.52 Å². The van der Waals surface area contributed by atoms with E-state index in [0.29, 0.717) is 5.89 Å². The molecule has 3 nitrogen and oxygen atoms in total. The van der Waals surface area contributed by atoms with Gasteiger partial charge in [-0.3, -0.25) is 0 Å². The first-order chi connectivity index (χ1) is 28.2. The third kappa shape index (κ3) is 6.04. The fraction of sp³-hybridized carbons (Fsp3) is 0. The van der Waals surface area contributed by atoms with Crippen LogP contribution in [0.25, 0.3) is 86.9 Å². The summed E-state index contributed by atoms with van der Waals surface area (Å²) in [7, 11) is 0. The summed E-state index contributed by atoms with van der Waals surface area (Å²) < 4.78 is 8.65. The summed E-state index contributed by atoms with van der Waals surface area (Å²) in [6.45, 7) is 0. The summed E-state index contributed by atoms with van der Waals surface area (Å²) in [5, 5.41) is 4.92. The number of thiophene rings is 1. The second kappa shape index (κ2) is 13.8. The molecule has 0 amide bonds. The van der Waals surface area contributed by atoms with E-state index < -0.39 is 0 Å². The molecule has 57 heavy (non-hydrogen) atoms. The van der Waals surface area contributed by atoms with Gasteiger partial charge < -0.3 is 9.32 Å². The van der Waals surface area contributed by atoms with Gasteiger partial charge in [0.25, 0.3) is 0 Å². The quantitative estimate of drug-likeness (QED) is 0.163. The van der Waals surface area contributed by atoms with E-state index in [-0.39, 0.29) is 0 Å². The van der Waals surface area contributed by atoms with Gasteiger partial charge in [0.2, 0.25) is 5.89 Å². The molecule has 268 valence electrons. The number of fused-ring (bicyclic) bond motifs is 5. The molecule has 0 N–H and O–H groups in total. The zero-order valence-corrected chi connectivity index (χ0v) is 31.7. The zero-order chi connectivity index (χ0) is 37.7. The Hall–Kier alpha value is -7.27. The third-order valence-electron chi connectivity index (χ3n) is 10.9. The van der Waals surface area contributed by atoms with Crippen molar-refractivity contribution in [2.45, 2.75) is 0 Å². The highest BCUT2D eigenvalue weighted by atomic mass is 32.1. The lowest BCUT2D eigenvalue weighted by Crippen LogP contribution is -2.11. The number of aromatic nitrogens is 1. The van der Waals surface area contributed by atoms with Crippen LogP contribution < -0.4 is 4.90 Å². The molecule has 0 radical (unpaired) electrons. The van der Waals surface area contributed by atoms with Crippen molar-refractivity contribution < 1.29 is 4.42 Å². The molecule has 2 heterocycles. The van der Waals surface area contributed by atoms with Crippen LogP contribution >= 0.6 is 11.3 Å². The Morgan fingerprint density at radius 2 is 0.982 bits per heavy atom. The Bertz CT molecular complexity index is 3220. The SMILES string of the molecule is c1ccc(-c2nc3cc4c(cc3o2)sc2ccc(-c3ccc(N(c5ccc(-c6ccc7ccccc7c6)cc5)c5ccccc5-c5ccccc5)cc3)cc24)cc1. The van der Waals surface area contributed by atoms with Gasteiger partial charge in [-0.2, -0.15) is 0 Å². The van der Waals surface area contributed by atoms with Crippen LogP contribution in [0.2, 0.25) is 0 Å². The van der Waals surface area contributed by atoms with Crippen LogP contribution in [0.4, 0.5) is 17.1 Å². The van der Waals surface area contributed by atoms with E-state index in [1.165, 1.54) is 58.8 Å². The summed E-state index contributed by atoms with van der Waals surface area (Å²) in [5.74, 6) is 0.648. The number of oxazole rings is 1. The molecular formula is C53H34N2OS. The smallest absolute Gasteiger partial charge is 0.227 e. The lowest BCUT2D eigenvalue weighted by Gasteiger charge is -2.28. The highest BCUT2D eigenvalue weighted by molar-refractivity contribution is 7.25. The number of anilines is 3. The van der Waals surface area contributed by atoms with E-state index in [0.717, 1.165) is 39.3 Å². The Balaban J connectivity index is 0.975. The van der Waals surface area contributed by atoms with Crippen LogP contribution in [-0.2, 0) is 0 Å². The highest BCUT2D eigenvalue weighted by Gasteiger charge is 2.18.